The van der Waals surface area contributed by atoms with Gasteiger partial charge in [-0.3, -0.25) is 4.79 Å². The number of nitrogens with zero attached hydrogens (tertiary/aromatic N) is 1. The Kier molecular flexibility index (Phi) is 4.00. The third kappa shape index (κ3) is 2.84. The molecule has 1 heterocycles. The van der Waals surface area contributed by atoms with E-state index in [-0.39, 0.29) is 5.56 Å². The summed E-state index contributed by atoms with van der Waals surface area (Å²) in [7, 11) is 0. The largest absolute Gasteiger partial charge is 0.293 e. The van der Waals surface area contributed by atoms with E-state index in [2.05, 4.69) is 4.98 Å². The Bertz CT molecular complexity index is 584. The number of halogens is 2. The maximum Gasteiger partial charge on any atom is 0.213 e. The van der Waals surface area contributed by atoms with Gasteiger partial charge in [-0.05, 0) is 12.0 Å². The molecule has 0 aliphatic carbocycles. The van der Waals surface area contributed by atoms with Gasteiger partial charge in [0.15, 0.2) is 11.6 Å². The van der Waals surface area contributed by atoms with Crippen LogP contribution in [0.5, 0.6) is 0 Å². The molecule has 0 N–H and O–H groups in total. The molecule has 2 nitrogen and oxygen atoms in total. The maximum atomic E-state index is 13.6. The lowest BCUT2D eigenvalue weighted by atomic mass is 9.89. The molecule has 98 valence electrons. The van der Waals surface area contributed by atoms with E-state index in [1.54, 1.807) is 0 Å². The van der Waals surface area contributed by atoms with Gasteiger partial charge in [0.1, 0.15) is 0 Å². The Morgan fingerprint density at radius 2 is 1.95 bits per heavy atom. The molecule has 1 aromatic carbocycles. The van der Waals surface area contributed by atoms with Gasteiger partial charge in [0, 0.05) is 12.0 Å². The standard InChI is InChI=1S/C15H13F2NO/c1-2-11(10-6-4-3-5-7-10)15(19)12-8-14(17)18-9-13(12)16/h3-9,11H,2H2,1H3. The first-order valence-corrected chi connectivity index (χ1v) is 6.03. The molecule has 19 heavy (non-hydrogen) atoms. The van der Waals surface area contributed by atoms with Crippen molar-refractivity contribution in [3.63, 3.8) is 0 Å². The van der Waals surface area contributed by atoms with E-state index in [9.17, 15) is 13.6 Å². The van der Waals surface area contributed by atoms with Crippen molar-refractivity contribution in [2.45, 2.75) is 19.3 Å². The Balaban J connectivity index is 2.39. The zero-order valence-corrected chi connectivity index (χ0v) is 10.4. The SMILES string of the molecule is CCC(C(=O)c1cc(F)ncc1F)c1ccccc1. The highest BCUT2D eigenvalue weighted by Crippen LogP contribution is 2.25. The topological polar surface area (TPSA) is 30.0 Å². The molecule has 0 aliphatic rings. The first-order valence-electron chi connectivity index (χ1n) is 6.03. The molecule has 0 amide bonds. The minimum Gasteiger partial charge on any atom is -0.293 e. The second-order valence-corrected chi connectivity index (χ2v) is 4.22. The lowest BCUT2D eigenvalue weighted by Crippen LogP contribution is -2.14. The second-order valence-electron chi connectivity index (χ2n) is 4.22. The Labute approximate surface area is 110 Å². The van der Waals surface area contributed by atoms with Crippen molar-refractivity contribution in [2.24, 2.45) is 0 Å². The molecule has 0 aliphatic heterocycles. The highest BCUT2D eigenvalue weighted by molar-refractivity contribution is 6.01. The van der Waals surface area contributed by atoms with E-state index < -0.39 is 23.5 Å². The van der Waals surface area contributed by atoms with Gasteiger partial charge in [-0.2, -0.15) is 4.39 Å². The number of hydrogen-bond acceptors (Lipinski definition) is 2. The summed E-state index contributed by atoms with van der Waals surface area (Å²) in [6.07, 6.45) is 1.26. The number of carbonyl (C=O) groups excluding carboxylic acids is 1. The van der Waals surface area contributed by atoms with Crippen molar-refractivity contribution in [2.75, 3.05) is 0 Å². The Morgan fingerprint density at radius 3 is 2.58 bits per heavy atom. The summed E-state index contributed by atoms with van der Waals surface area (Å²) >= 11 is 0. The molecule has 0 bridgehead atoms. The van der Waals surface area contributed by atoms with Crippen molar-refractivity contribution >= 4 is 5.78 Å². The second kappa shape index (κ2) is 5.69. The number of Topliss-reactive ketones (excluding diaryl/α,β-unsaturated/α-hetero) is 1. The zero-order valence-electron chi connectivity index (χ0n) is 10.4. The molecule has 2 rings (SSSR count). The molecule has 1 atom stereocenters. The van der Waals surface area contributed by atoms with Gasteiger partial charge in [0.05, 0.1) is 11.8 Å². The summed E-state index contributed by atoms with van der Waals surface area (Å²) in [5.41, 5.74) is 0.551. The van der Waals surface area contributed by atoms with Crippen LogP contribution in [0.3, 0.4) is 0 Å². The van der Waals surface area contributed by atoms with Crippen LogP contribution in [-0.2, 0) is 0 Å². The normalized spacial score (nSPS) is 12.2. The minimum atomic E-state index is -0.854. The fourth-order valence-corrected chi connectivity index (χ4v) is 2.05. The third-order valence-corrected chi connectivity index (χ3v) is 3.01. The average molecular weight is 261 g/mol. The smallest absolute Gasteiger partial charge is 0.213 e. The number of ketones is 1. The van der Waals surface area contributed by atoms with Gasteiger partial charge in [-0.1, -0.05) is 37.3 Å². The predicted molar refractivity (Wildman–Crippen MR) is 68.0 cm³/mol. The summed E-state index contributed by atoms with van der Waals surface area (Å²) in [4.78, 5) is 15.5. The molecule has 0 radical (unpaired) electrons. The third-order valence-electron chi connectivity index (χ3n) is 3.01. The molecule has 1 unspecified atom stereocenters. The van der Waals surface area contributed by atoms with Crippen LogP contribution in [0.1, 0.15) is 35.2 Å². The van der Waals surface area contributed by atoms with Crippen molar-refractivity contribution in [1.29, 1.82) is 0 Å². The molecule has 2 aromatic rings. The first-order chi connectivity index (χ1) is 9.13. The maximum absolute atomic E-state index is 13.6. The predicted octanol–water partition coefficient (Wildman–Crippen LogP) is 3.74. The molecule has 4 heteroatoms. The fourth-order valence-electron chi connectivity index (χ4n) is 2.05. The minimum absolute atomic E-state index is 0.247. The molecular weight excluding hydrogens is 248 g/mol. The quantitative estimate of drug-likeness (QED) is 0.620. The molecule has 1 aromatic heterocycles. The summed E-state index contributed by atoms with van der Waals surface area (Å²) < 4.78 is 26.6. The van der Waals surface area contributed by atoms with Crippen LogP contribution < -0.4 is 0 Å². The van der Waals surface area contributed by atoms with E-state index in [1.807, 2.05) is 37.3 Å². The highest BCUT2D eigenvalue weighted by Gasteiger charge is 2.23. The van der Waals surface area contributed by atoms with Gasteiger partial charge in [-0.25, -0.2) is 9.37 Å². The van der Waals surface area contributed by atoms with Crippen LogP contribution in [0.4, 0.5) is 8.78 Å². The van der Waals surface area contributed by atoms with E-state index in [0.29, 0.717) is 6.42 Å². The molecule has 0 fully saturated rings. The van der Waals surface area contributed by atoms with Gasteiger partial charge in [0.25, 0.3) is 0 Å². The monoisotopic (exact) mass is 261 g/mol. The highest BCUT2D eigenvalue weighted by atomic mass is 19.1. The number of hydrogen-bond donors (Lipinski definition) is 0. The van der Waals surface area contributed by atoms with Gasteiger partial charge < -0.3 is 0 Å². The number of pyridine rings is 1. The Hall–Kier alpha value is -2.10. The van der Waals surface area contributed by atoms with E-state index >= 15 is 0 Å². The van der Waals surface area contributed by atoms with Crippen molar-refractivity contribution < 1.29 is 13.6 Å². The van der Waals surface area contributed by atoms with Gasteiger partial charge >= 0.3 is 0 Å². The summed E-state index contributed by atoms with van der Waals surface area (Å²) in [5.74, 6) is -2.54. The van der Waals surface area contributed by atoms with Gasteiger partial charge in [0.2, 0.25) is 5.95 Å². The molecule has 0 saturated carbocycles. The summed E-state index contributed by atoms with van der Waals surface area (Å²) in [6.45, 7) is 1.84. The zero-order chi connectivity index (χ0) is 13.8. The van der Waals surface area contributed by atoms with Crippen LogP contribution >= 0.6 is 0 Å². The van der Waals surface area contributed by atoms with Crippen LogP contribution in [0.25, 0.3) is 0 Å². The average Bonchev–Trinajstić information content (AvgIpc) is 2.43. The van der Waals surface area contributed by atoms with Crippen molar-refractivity contribution in [3.8, 4) is 0 Å². The van der Waals surface area contributed by atoms with Crippen LogP contribution in [0.2, 0.25) is 0 Å². The fraction of sp³-hybridized carbons (Fsp3) is 0.200. The van der Waals surface area contributed by atoms with E-state index in [0.717, 1.165) is 17.8 Å². The van der Waals surface area contributed by atoms with E-state index in [4.69, 9.17) is 0 Å². The van der Waals surface area contributed by atoms with Crippen molar-refractivity contribution in [3.05, 3.63) is 65.5 Å². The number of rotatable bonds is 4. The molecule has 0 spiro atoms. The van der Waals surface area contributed by atoms with Crippen LogP contribution in [-0.4, -0.2) is 10.8 Å². The molecule has 0 saturated heterocycles. The number of aromatic nitrogens is 1. The lowest BCUT2D eigenvalue weighted by molar-refractivity contribution is 0.0952. The summed E-state index contributed by atoms with van der Waals surface area (Å²) in [6, 6.07) is 9.93. The number of carbonyl (C=O) groups is 1. The van der Waals surface area contributed by atoms with E-state index in [1.165, 1.54) is 0 Å². The Morgan fingerprint density at radius 1 is 1.26 bits per heavy atom. The lowest BCUT2D eigenvalue weighted by Gasteiger charge is -2.14. The van der Waals surface area contributed by atoms with Gasteiger partial charge in [-0.15, -0.1) is 0 Å². The summed E-state index contributed by atoms with van der Waals surface area (Å²) in [5, 5.41) is 0. The van der Waals surface area contributed by atoms with Crippen molar-refractivity contribution in [1.82, 2.24) is 4.98 Å². The van der Waals surface area contributed by atoms with Crippen LogP contribution in [0.15, 0.2) is 42.6 Å². The first kappa shape index (κ1) is 13.3. The van der Waals surface area contributed by atoms with Crippen LogP contribution in [0, 0.1) is 11.8 Å². The number of benzene rings is 1. The molecular formula is C15H13F2NO.